The molecule has 0 spiro atoms. The van der Waals surface area contributed by atoms with Gasteiger partial charge in [0.05, 0.1) is 12.8 Å². The Balaban J connectivity index is 1.48. The maximum absolute atomic E-state index is 12.5. The second-order valence-electron chi connectivity index (χ2n) is 7.09. The zero-order valence-corrected chi connectivity index (χ0v) is 16.6. The van der Waals surface area contributed by atoms with Gasteiger partial charge in [0.2, 0.25) is 5.91 Å². The van der Waals surface area contributed by atoms with Gasteiger partial charge in [-0.1, -0.05) is 0 Å². The molecule has 29 heavy (non-hydrogen) atoms. The van der Waals surface area contributed by atoms with Crippen molar-refractivity contribution in [3.8, 4) is 11.5 Å². The van der Waals surface area contributed by atoms with Crippen LogP contribution in [-0.4, -0.2) is 37.9 Å². The highest BCUT2D eigenvalue weighted by molar-refractivity contribution is 5.77. The second kappa shape index (κ2) is 7.57. The Morgan fingerprint density at radius 1 is 1.41 bits per heavy atom. The summed E-state index contributed by atoms with van der Waals surface area (Å²) in [5.74, 6) is 1.27. The van der Waals surface area contributed by atoms with Gasteiger partial charge >= 0.3 is 0 Å². The number of hydrogen-bond donors (Lipinski definition) is 1. The number of carbonyl (C=O) groups excluding carboxylic acids is 1. The number of nitrogens with one attached hydrogen (secondary N) is 1. The molecule has 1 amide bonds. The standard InChI is InChI=1S/C20H23N5O4/c1-4-28-16-6-13-5-12(2)29-17(13)7-14(16)8-21-18(26)10-25-11-22-19-15(20(25)27)9-23-24(19)3/h6-7,9,11-12H,4-5,8,10H2,1-3H3,(H,21,26)/t12-/m0/s1. The van der Waals surface area contributed by atoms with E-state index in [0.717, 1.165) is 29.0 Å². The monoisotopic (exact) mass is 397 g/mol. The van der Waals surface area contributed by atoms with E-state index in [9.17, 15) is 9.59 Å². The first-order valence-corrected chi connectivity index (χ1v) is 9.55. The zero-order valence-electron chi connectivity index (χ0n) is 16.6. The first kappa shape index (κ1) is 19.0. The molecule has 1 N–H and O–H groups in total. The third kappa shape index (κ3) is 3.67. The maximum atomic E-state index is 12.5. The summed E-state index contributed by atoms with van der Waals surface area (Å²) in [4.78, 5) is 29.1. The minimum absolute atomic E-state index is 0.126. The summed E-state index contributed by atoms with van der Waals surface area (Å²) in [5, 5.41) is 7.26. The number of amides is 1. The molecule has 0 saturated carbocycles. The molecule has 2 aromatic heterocycles. The van der Waals surface area contributed by atoms with Gasteiger partial charge in [0.1, 0.15) is 35.9 Å². The van der Waals surface area contributed by atoms with Gasteiger partial charge in [0, 0.05) is 31.1 Å². The largest absolute Gasteiger partial charge is 0.494 e. The molecule has 1 aliphatic rings. The maximum Gasteiger partial charge on any atom is 0.264 e. The number of aromatic nitrogens is 4. The van der Waals surface area contributed by atoms with E-state index in [0.29, 0.717) is 17.6 Å². The van der Waals surface area contributed by atoms with Gasteiger partial charge in [-0.15, -0.1) is 0 Å². The number of rotatable bonds is 6. The second-order valence-corrected chi connectivity index (χ2v) is 7.09. The fourth-order valence-corrected chi connectivity index (χ4v) is 3.49. The number of hydrogen-bond acceptors (Lipinski definition) is 6. The van der Waals surface area contributed by atoms with E-state index in [-0.39, 0.29) is 30.7 Å². The lowest BCUT2D eigenvalue weighted by Gasteiger charge is -2.13. The van der Waals surface area contributed by atoms with Crippen LogP contribution in [0.25, 0.3) is 11.0 Å². The van der Waals surface area contributed by atoms with Crippen molar-refractivity contribution in [1.82, 2.24) is 24.6 Å². The smallest absolute Gasteiger partial charge is 0.264 e. The van der Waals surface area contributed by atoms with Crippen molar-refractivity contribution in [2.24, 2.45) is 7.05 Å². The van der Waals surface area contributed by atoms with Crippen LogP contribution in [-0.2, 0) is 31.4 Å². The molecule has 1 aliphatic heterocycles. The Hall–Kier alpha value is -3.36. The molecule has 0 aliphatic carbocycles. The van der Waals surface area contributed by atoms with Gasteiger partial charge in [-0.2, -0.15) is 5.10 Å². The molecular formula is C20H23N5O4. The van der Waals surface area contributed by atoms with E-state index in [4.69, 9.17) is 9.47 Å². The normalized spacial score (nSPS) is 15.2. The van der Waals surface area contributed by atoms with Crippen LogP contribution >= 0.6 is 0 Å². The highest BCUT2D eigenvalue weighted by Gasteiger charge is 2.22. The summed E-state index contributed by atoms with van der Waals surface area (Å²) in [6.45, 7) is 4.62. The minimum atomic E-state index is -0.298. The number of nitrogens with zero attached hydrogens (tertiary/aromatic N) is 4. The third-order valence-corrected chi connectivity index (χ3v) is 4.89. The molecule has 1 aromatic carbocycles. The van der Waals surface area contributed by atoms with Crippen LogP contribution in [0.4, 0.5) is 0 Å². The summed E-state index contributed by atoms with van der Waals surface area (Å²) < 4.78 is 14.3. The Labute approximate surface area is 167 Å². The predicted molar refractivity (Wildman–Crippen MR) is 106 cm³/mol. The summed E-state index contributed by atoms with van der Waals surface area (Å²) in [6.07, 6.45) is 3.79. The lowest BCUT2D eigenvalue weighted by atomic mass is 10.1. The van der Waals surface area contributed by atoms with E-state index in [1.807, 2.05) is 26.0 Å². The number of benzene rings is 1. The minimum Gasteiger partial charge on any atom is -0.494 e. The van der Waals surface area contributed by atoms with Gasteiger partial charge in [-0.3, -0.25) is 18.8 Å². The number of aryl methyl sites for hydroxylation is 1. The lowest BCUT2D eigenvalue weighted by molar-refractivity contribution is -0.121. The highest BCUT2D eigenvalue weighted by Crippen LogP contribution is 2.35. The van der Waals surface area contributed by atoms with Crippen molar-refractivity contribution in [1.29, 1.82) is 0 Å². The molecule has 0 bridgehead atoms. The lowest BCUT2D eigenvalue weighted by Crippen LogP contribution is -2.32. The molecule has 0 unspecified atom stereocenters. The molecule has 0 saturated heterocycles. The summed E-state index contributed by atoms with van der Waals surface area (Å²) in [7, 11) is 1.71. The topological polar surface area (TPSA) is 100 Å². The van der Waals surface area contributed by atoms with Crippen molar-refractivity contribution >= 4 is 16.9 Å². The molecule has 3 aromatic rings. The molecule has 152 valence electrons. The molecule has 0 radical (unpaired) electrons. The summed E-state index contributed by atoms with van der Waals surface area (Å²) in [5.41, 5.74) is 2.13. The van der Waals surface area contributed by atoms with Gasteiger partial charge < -0.3 is 14.8 Å². The number of carbonyl (C=O) groups is 1. The fourth-order valence-electron chi connectivity index (χ4n) is 3.49. The van der Waals surface area contributed by atoms with Gasteiger partial charge in [-0.05, 0) is 26.0 Å². The van der Waals surface area contributed by atoms with E-state index in [1.54, 1.807) is 7.05 Å². The Morgan fingerprint density at radius 2 is 2.24 bits per heavy atom. The van der Waals surface area contributed by atoms with Crippen molar-refractivity contribution in [3.05, 3.63) is 46.1 Å². The van der Waals surface area contributed by atoms with E-state index >= 15 is 0 Å². The Morgan fingerprint density at radius 3 is 3.03 bits per heavy atom. The SMILES string of the molecule is CCOc1cc2c(cc1CNC(=O)Cn1cnc3c(cnn3C)c1=O)O[C@@H](C)C2. The first-order chi connectivity index (χ1) is 14.0. The van der Waals surface area contributed by atoms with Gasteiger partial charge in [0.25, 0.3) is 5.56 Å². The van der Waals surface area contributed by atoms with Crippen LogP contribution < -0.4 is 20.3 Å². The Kier molecular flexibility index (Phi) is 4.96. The molecular weight excluding hydrogens is 374 g/mol. The number of ether oxygens (including phenoxy) is 2. The molecule has 3 heterocycles. The average Bonchev–Trinajstić information content (AvgIpc) is 3.24. The summed E-state index contributed by atoms with van der Waals surface area (Å²) >= 11 is 0. The first-order valence-electron chi connectivity index (χ1n) is 9.55. The van der Waals surface area contributed by atoms with Crippen molar-refractivity contribution in [2.45, 2.75) is 39.5 Å². The van der Waals surface area contributed by atoms with Crippen LogP contribution in [0.3, 0.4) is 0 Å². The van der Waals surface area contributed by atoms with E-state index < -0.39 is 0 Å². The van der Waals surface area contributed by atoms with Crippen molar-refractivity contribution < 1.29 is 14.3 Å². The quantitative estimate of drug-likeness (QED) is 0.670. The van der Waals surface area contributed by atoms with Gasteiger partial charge in [-0.25, -0.2) is 4.98 Å². The predicted octanol–water partition coefficient (Wildman–Crippen LogP) is 1.17. The average molecular weight is 397 g/mol. The van der Waals surface area contributed by atoms with Crippen LogP contribution in [0.2, 0.25) is 0 Å². The zero-order chi connectivity index (χ0) is 20.5. The van der Waals surface area contributed by atoms with Crippen LogP contribution in [0.15, 0.2) is 29.5 Å². The summed E-state index contributed by atoms with van der Waals surface area (Å²) in [6, 6.07) is 3.90. The van der Waals surface area contributed by atoms with Crippen LogP contribution in [0.1, 0.15) is 25.0 Å². The van der Waals surface area contributed by atoms with Crippen LogP contribution in [0, 0.1) is 0 Å². The molecule has 1 atom stereocenters. The number of fused-ring (bicyclic) bond motifs is 2. The molecule has 4 rings (SSSR count). The van der Waals surface area contributed by atoms with Crippen LogP contribution in [0.5, 0.6) is 11.5 Å². The Bertz CT molecular complexity index is 1130. The fraction of sp³-hybridized carbons (Fsp3) is 0.400. The molecule has 0 fully saturated rings. The molecule has 9 nitrogen and oxygen atoms in total. The van der Waals surface area contributed by atoms with E-state index in [2.05, 4.69) is 15.4 Å². The van der Waals surface area contributed by atoms with Crippen molar-refractivity contribution in [3.63, 3.8) is 0 Å². The van der Waals surface area contributed by atoms with Crippen molar-refractivity contribution in [2.75, 3.05) is 6.61 Å². The van der Waals surface area contributed by atoms with Gasteiger partial charge in [0.15, 0.2) is 5.65 Å². The molecule has 9 heteroatoms. The van der Waals surface area contributed by atoms with E-state index in [1.165, 1.54) is 21.8 Å². The third-order valence-electron chi connectivity index (χ3n) is 4.89. The highest BCUT2D eigenvalue weighted by atomic mass is 16.5.